The lowest BCUT2D eigenvalue weighted by Crippen LogP contribution is -2.09. The van der Waals surface area contributed by atoms with E-state index in [-0.39, 0.29) is 11.9 Å². The molecule has 0 fully saturated rings. The van der Waals surface area contributed by atoms with Gasteiger partial charge in [0.15, 0.2) is 0 Å². The number of carbonyl (C=O) groups is 2. The van der Waals surface area contributed by atoms with Crippen molar-refractivity contribution in [3.8, 4) is 0 Å². The molecule has 0 aliphatic carbocycles. The second-order valence-corrected chi connectivity index (χ2v) is 4.70. The van der Waals surface area contributed by atoms with Gasteiger partial charge in [-0.1, -0.05) is 0 Å². The van der Waals surface area contributed by atoms with Crippen molar-refractivity contribution in [1.82, 2.24) is 0 Å². The molecule has 0 aromatic carbocycles. The van der Waals surface area contributed by atoms with Crippen molar-refractivity contribution in [1.29, 1.82) is 0 Å². The molecular weight excluding hydrogens is 272 g/mol. The highest BCUT2D eigenvalue weighted by atomic mass is 32.1. The Labute approximate surface area is 120 Å². The molecule has 0 radical (unpaired) electrons. The van der Waals surface area contributed by atoms with E-state index in [1.165, 1.54) is 0 Å². The maximum Gasteiger partial charge on any atom is 0.305 e. The van der Waals surface area contributed by atoms with Crippen LogP contribution in [-0.2, 0) is 19.1 Å². The highest BCUT2D eigenvalue weighted by molar-refractivity contribution is 7.80. The third-order valence-corrected chi connectivity index (χ3v) is 2.78. The Kier molecular flexibility index (Phi) is 12.8. The van der Waals surface area contributed by atoms with Crippen LogP contribution < -0.4 is 0 Å². The summed E-state index contributed by atoms with van der Waals surface area (Å²) in [7, 11) is 0. The first-order chi connectivity index (χ1) is 8.70. The second-order valence-electron chi connectivity index (χ2n) is 3.80. The molecule has 0 aliphatic heterocycles. The number of unbranched alkanes of at least 4 members (excludes halogenated alkanes) is 1. The van der Waals surface area contributed by atoms with Crippen molar-refractivity contribution in [2.24, 2.45) is 0 Å². The van der Waals surface area contributed by atoms with Crippen LogP contribution in [0.2, 0.25) is 0 Å². The number of esters is 2. The highest BCUT2D eigenvalue weighted by Gasteiger charge is 2.03. The Bertz CT molecular complexity index is 210. The number of ether oxygens (including phenoxy) is 2. The fourth-order valence-electron chi connectivity index (χ4n) is 1.17. The van der Waals surface area contributed by atoms with E-state index in [1.54, 1.807) is 0 Å². The molecule has 4 nitrogen and oxygen atoms in total. The van der Waals surface area contributed by atoms with Gasteiger partial charge in [0.25, 0.3) is 0 Å². The first-order valence-corrected chi connectivity index (χ1v) is 7.50. The first-order valence-electron chi connectivity index (χ1n) is 6.23. The predicted molar refractivity (Wildman–Crippen MR) is 77.3 cm³/mol. The van der Waals surface area contributed by atoms with Crippen LogP contribution in [0.1, 0.15) is 38.5 Å². The molecule has 106 valence electrons. The van der Waals surface area contributed by atoms with Crippen LogP contribution in [0.25, 0.3) is 0 Å². The number of hydrogen-bond acceptors (Lipinski definition) is 6. The van der Waals surface area contributed by atoms with Gasteiger partial charge in [-0.15, -0.1) is 0 Å². The van der Waals surface area contributed by atoms with E-state index < -0.39 is 0 Å². The molecular formula is C12H22O4S2. The van der Waals surface area contributed by atoms with Crippen LogP contribution >= 0.6 is 25.3 Å². The SMILES string of the molecule is O=C(CCCS)OCCCCOC(=O)CCCS. The zero-order valence-electron chi connectivity index (χ0n) is 10.6. The van der Waals surface area contributed by atoms with E-state index in [1.807, 2.05) is 0 Å². The average molecular weight is 294 g/mol. The van der Waals surface area contributed by atoms with Gasteiger partial charge in [-0.25, -0.2) is 0 Å². The van der Waals surface area contributed by atoms with Gasteiger partial charge in [-0.05, 0) is 37.2 Å². The molecule has 18 heavy (non-hydrogen) atoms. The van der Waals surface area contributed by atoms with Gasteiger partial charge in [0.1, 0.15) is 0 Å². The summed E-state index contributed by atoms with van der Waals surface area (Å²) in [5.74, 6) is 1.01. The summed E-state index contributed by atoms with van der Waals surface area (Å²) < 4.78 is 9.99. The summed E-state index contributed by atoms with van der Waals surface area (Å²) in [5, 5.41) is 0. The van der Waals surface area contributed by atoms with E-state index in [2.05, 4.69) is 25.3 Å². The Balaban J connectivity index is 3.25. The quantitative estimate of drug-likeness (QED) is 0.349. The van der Waals surface area contributed by atoms with Crippen LogP contribution in [0.3, 0.4) is 0 Å². The fourth-order valence-corrected chi connectivity index (χ4v) is 1.48. The Morgan fingerprint density at radius 1 is 0.722 bits per heavy atom. The maximum atomic E-state index is 11.1. The molecule has 0 aromatic heterocycles. The molecule has 0 aromatic rings. The van der Waals surface area contributed by atoms with Crippen molar-refractivity contribution < 1.29 is 19.1 Å². The lowest BCUT2D eigenvalue weighted by atomic mass is 10.3. The fraction of sp³-hybridized carbons (Fsp3) is 0.833. The molecule has 0 atom stereocenters. The van der Waals surface area contributed by atoms with Crippen LogP contribution in [-0.4, -0.2) is 36.7 Å². The lowest BCUT2D eigenvalue weighted by Gasteiger charge is -2.05. The monoisotopic (exact) mass is 294 g/mol. The first kappa shape index (κ1) is 17.6. The molecule has 0 N–H and O–H groups in total. The number of hydrogen-bond donors (Lipinski definition) is 2. The minimum absolute atomic E-state index is 0.185. The maximum absolute atomic E-state index is 11.1. The van der Waals surface area contributed by atoms with Gasteiger partial charge in [0.2, 0.25) is 0 Å². The molecule has 0 heterocycles. The minimum Gasteiger partial charge on any atom is -0.466 e. The molecule has 0 spiro atoms. The van der Waals surface area contributed by atoms with E-state index in [9.17, 15) is 9.59 Å². The van der Waals surface area contributed by atoms with Crippen LogP contribution in [0.4, 0.5) is 0 Å². The third-order valence-electron chi connectivity index (χ3n) is 2.14. The van der Waals surface area contributed by atoms with Gasteiger partial charge in [0.05, 0.1) is 13.2 Å². The smallest absolute Gasteiger partial charge is 0.305 e. The molecule has 0 amide bonds. The standard InChI is InChI=1S/C12H22O4S2/c13-11(5-3-9-17)15-7-1-2-8-16-12(14)6-4-10-18/h17-18H,1-10H2. The summed E-state index contributed by atoms with van der Waals surface area (Å²) >= 11 is 8.03. The third kappa shape index (κ3) is 12.1. The van der Waals surface area contributed by atoms with Crippen LogP contribution in [0.5, 0.6) is 0 Å². The van der Waals surface area contributed by atoms with Gasteiger partial charge < -0.3 is 9.47 Å². The predicted octanol–water partition coefficient (Wildman–Crippen LogP) is 2.27. The molecule has 0 saturated carbocycles. The van der Waals surface area contributed by atoms with Crippen molar-refractivity contribution in [3.05, 3.63) is 0 Å². The van der Waals surface area contributed by atoms with Crippen LogP contribution in [0.15, 0.2) is 0 Å². The van der Waals surface area contributed by atoms with Crippen molar-refractivity contribution in [2.75, 3.05) is 24.7 Å². The zero-order valence-corrected chi connectivity index (χ0v) is 12.4. The average Bonchev–Trinajstić information content (AvgIpc) is 2.37. The summed E-state index contributed by atoms with van der Waals surface area (Å²) in [6.07, 6.45) is 3.75. The molecule has 0 saturated heterocycles. The minimum atomic E-state index is -0.185. The van der Waals surface area contributed by atoms with Gasteiger partial charge in [-0.3, -0.25) is 9.59 Å². The molecule has 6 heteroatoms. The van der Waals surface area contributed by atoms with Crippen molar-refractivity contribution in [3.63, 3.8) is 0 Å². The Morgan fingerprint density at radius 2 is 1.11 bits per heavy atom. The zero-order chi connectivity index (χ0) is 13.6. The van der Waals surface area contributed by atoms with E-state index in [0.29, 0.717) is 50.4 Å². The normalized spacial score (nSPS) is 10.1. The highest BCUT2D eigenvalue weighted by Crippen LogP contribution is 1.99. The van der Waals surface area contributed by atoms with E-state index in [0.717, 1.165) is 12.8 Å². The topological polar surface area (TPSA) is 52.6 Å². The number of rotatable bonds is 11. The number of carbonyl (C=O) groups excluding carboxylic acids is 2. The molecule has 0 rings (SSSR count). The summed E-state index contributed by atoms with van der Waals surface area (Å²) in [6, 6.07) is 0. The van der Waals surface area contributed by atoms with Crippen molar-refractivity contribution in [2.45, 2.75) is 38.5 Å². The summed E-state index contributed by atoms with van der Waals surface area (Å²) in [5.41, 5.74) is 0. The van der Waals surface area contributed by atoms with Gasteiger partial charge >= 0.3 is 11.9 Å². The van der Waals surface area contributed by atoms with Gasteiger partial charge in [0, 0.05) is 12.8 Å². The molecule has 0 aliphatic rings. The number of thiol groups is 2. The largest absolute Gasteiger partial charge is 0.466 e. The summed E-state index contributed by atoms with van der Waals surface area (Å²) in [4.78, 5) is 22.2. The van der Waals surface area contributed by atoms with Gasteiger partial charge in [-0.2, -0.15) is 25.3 Å². The second kappa shape index (κ2) is 13.1. The Morgan fingerprint density at radius 3 is 1.44 bits per heavy atom. The molecule has 0 bridgehead atoms. The van der Waals surface area contributed by atoms with Crippen molar-refractivity contribution >= 4 is 37.2 Å². The molecule has 0 unspecified atom stereocenters. The lowest BCUT2D eigenvalue weighted by molar-refractivity contribution is -0.146. The van der Waals surface area contributed by atoms with Crippen LogP contribution in [0, 0.1) is 0 Å². The van der Waals surface area contributed by atoms with E-state index >= 15 is 0 Å². The summed E-state index contributed by atoms with van der Waals surface area (Å²) in [6.45, 7) is 0.777. The van der Waals surface area contributed by atoms with E-state index in [4.69, 9.17) is 9.47 Å². The Hall–Kier alpha value is -0.360.